The molecule has 1 aromatic rings. The number of hydrogen-bond acceptors (Lipinski definition) is 1. The molecule has 0 fully saturated rings. The second kappa shape index (κ2) is 6.49. The fourth-order valence-electron chi connectivity index (χ4n) is 1.08. The molecule has 0 saturated carbocycles. The second-order valence-corrected chi connectivity index (χ2v) is 3.32. The van der Waals surface area contributed by atoms with Gasteiger partial charge in [-0.3, -0.25) is 0 Å². The van der Waals surface area contributed by atoms with E-state index in [0.29, 0.717) is 17.0 Å². The Balaban J connectivity index is 0.00000196. The van der Waals surface area contributed by atoms with Gasteiger partial charge >= 0.3 is 5.97 Å². The molecule has 0 amide bonds. The van der Waals surface area contributed by atoms with Crippen molar-refractivity contribution in [3.63, 3.8) is 0 Å². The zero-order chi connectivity index (χ0) is 10.6. The lowest BCUT2D eigenvalue weighted by Gasteiger charge is -1.98. The molecule has 82 valence electrons. The average Bonchev–Trinajstić information content (AvgIpc) is 2.16. The summed E-state index contributed by atoms with van der Waals surface area (Å²) in [6.45, 7) is 1.82. The van der Waals surface area contributed by atoms with E-state index >= 15 is 0 Å². The van der Waals surface area contributed by atoms with E-state index in [9.17, 15) is 4.79 Å². The Hall–Kier alpha value is -0.990. The van der Waals surface area contributed by atoms with Gasteiger partial charge in [0.2, 0.25) is 0 Å². The van der Waals surface area contributed by atoms with Crippen LogP contribution in [0.25, 0.3) is 6.08 Å². The van der Waals surface area contributed by atoms with Gasteiger partial charge in [0.05, 0.1) is 0 Å². The lowest BCUT2D eigenvalue weighted by molar-refractivity contribution is -0.132. The minimum absolute atomic E-state index is 0. The molecule has 0 aliphatic heterocycles. The van der Waals surface area contributed by atoms with Crippen molar-refractivity contribution in [3.8, 4) is 0 Å². The Labute approximate surface area is 100.0 Å². The van der Waals surface area contributed by atoms with Crippen LogP contribution in [0.2, 0.25) is 5.02 Å². The molecule has 0 saturated heterocycles. The zero-order valence-corrected chi connectivity index (χ0v) is 9.81. The molecule has 0 spiro atoms. The summed E-state index contributed by atoms with van der Waals surface area (Å²) in [6.07, 6.45) is 2.16. The van der Waals surface area contributed by atoms with E-state index in [1.807, 2.05) is 6.92 Å². The number of benzene rings is 1. The Morgan fingerprint density at radius 2 is 1.93 bits per heavy atom. The van der Waals surface area contributed by atoms with Gasteiger partial charge in [-0.1, -0.05) is 30.7 Å². The molecule has 1 aromatic carbocycles. The summed E-state index contributed by atoms with van der Waals surface area (Å²) in [5.74, 6) is -0.873. The highest BCUT2D eigenvalue weighted by Crippen LogP contribution is 2.13. The number of hydrogen-bond donors (Lipinski definition) is 1. The average molecular weight is 247 g/mol. The third-order valence-electron chi connectivity index (χ3n) is 1.87. The molecule has 0 bridgehead atoms. The molecule has 0 aliphatic carbocycles. The maximum absolute atomic E-state index is 10.7. The van der Waals surface area contributed by atoms with Crippen LogP contribution in [0.5, 0.6) is 0 Å². The molecule has 4 heteroatoms. The highest BCUT2D eigenvalue weighted by molar-refractivity contribution is 6.30. The molecule has 1 N–H and O–H groups in total. The first-order valence-corrected chi connectivity index (χ1v) is 4.70. The molecule has 0 radical (unpaired) electrons. The van der Waals surface area contributed by atoms with Crippen molar-refractivity contribution in [1.82, 2.24) is 0 Å². The van der Waals surface area contributed by atoms with Gasteiger partial charge in [-0.25, -0.2) is 4.79 Å². The van der Waals surface area contributed by atoms with Crippen LogP contribution in [-0.4, -0.2) is 11.1 Å². The predicted molar refractivity (Wildman–Crippen MR) is 64.6 cm³/mol. The fourth-order valence-corrected chi connectivity index (χ4v) is 1.20. The number of rotatable bonds is 3. The minimum atomic E-state index is -0.873. The van der Waals surface area contributed by atoms with Gasteiger partial charge in [0.15, 0.2) is 0 Å². The van der Waals surface area contributed by atoms with Crippen LogP contribution in [-0.2, 0) is 4.79 Å². The molecule has 1 rings (SSSR count). The van der Waals surface area contributed by atoms with E-state index in [0.717, 1.165) is 5.56 Å². The van der Waals surface area contributed by atoms with Crippen molar-refractivity contribution < 1.29 is 9.90 Å². The molecular formula is C11H12Cl2O2. The quantitative estimate of drug-likeness (QED) is 0.828. The van der Waals surface area contributed by atoms with Crippen LogP contribution in [0, 0.1) is 0 Å². The lowest BCUT2D eigenvalue weighted by Crippen LogP contribution is -1.98. The smallest absolute Gasteiger partial charge is 0.331 e. The number of carboxylic acids is 1. The van der Waals surface area contributed by atoms with Crippen LogP contribution >= 0.6 is 24.0 Å². The van der Waals surface area contributed by atoms with Crippen LogP contribution in [0.15, 0.2) is 29.8 Å². The van der Waals surface area contributed by atoms with Crippen LogP contribution in [0.4, 0.5) is 0 Å². The third kappa shape index (κ3) is 4.36. The highest BCUT2D eigenvalue weighted by atomic mass is 35.5. The maximum atomic E-state index is 10.7. The van der Waals surface area contributed by atoms with Gasteiger partial charge in [0.25, 0.3) is 0 Å². The Morgan fingerprint density at radius 1 is 1.40 bits per heavy atom. The molecule has 0 unspecified atom stereocenters. The minimum Gasteiger partial charge on any atom is -0.478 e. The number of carbonyl (C=O) groups is 1. The summed E-state index contributed by atoms with van der Waals surface area (Å²) in [5.41, 5.74) is 1.25. The molecule has 15 heavy (non-hydrogen) atoms. The first-order valence-electron chi connectivity index (χ1n) is 4.33. The van der Waals surface area contributed by atoms with Crippen molar-refractivity contribution >= 4 is 36.1 Å². The largest absolute Gasteiger partial charge is 0.478 e. The Bertz CT molecular complexity index is 355. The third-order valence-corrected chi connectivity index (χ3v) is 2.12. The molecule has 0 aliphatic rings. The normalized spacial score (nSPS) is 10.7. The summed E-state index contributed by atoms with van der Waals surface area (Å²) < 4.78 is 0. The van der Waals surface area contributed by atoms with Crippen molar-refractivity contribution in [2.24, 2.45) is 0 Å². The van der Waals surface area contributed by atoms with Gasteiger partial charge in [0.1, 0.15) is 0 Å². The summed E-state index contributed by atoms with van der Waals surface area (Å²) in [7, 11) is 0. The van der Waals surface area contributed by atoms with Crippen molar-refractivity contribution in [1.29, 1.82) is 0 Å². The topological polar surface area (TPSA) is 37.3 Å². The van der Waals surface area contributed by atoms with E-state index in [1.54, 1.807) is 30.3 Å². The van der Waals surface area contributed by atoms with Crippen LogP contribution in [0.3, 0.4) is 0 Å². The van der Waals surface area contributed by atoms with E-state index < -0.39 is 5.97 Å². The van der Waals surface area contributed by atoms with Gasteiger partial charge in [0, 0.05) is 10.6 Å². The monoisotopic (exact) mass is 246 g/mol. The SMILES string of the molecule is CCC(=Cc1ccc(Cl)cc1)C(=O)O.Cl. The second-order valence-electron chi connectivity index (χ2n) is 2.88. The fraction of sp³-hybridized carbons (Fsp3) is 0.182. The first-order chi connectivity index (χ1) is 6.63. The van der Waals surface area contributed by atoms with E-state index in [4.69, 9.17) is 16.7 Å². The molecule has 0 heterocycles. The summed E-state index contributed by atoms with van der Waals surface area (Å²) in [5, 5.41) is 9.44. The zero-order valence-electron chi connectivity index (χ0n) is 8.24. The standard InChI is InChI=1S/C11H11ClO2.ClH/c1-2-9(11(13)14)7-8-3-5-10(12)6-4-8;/h3-7H,2H2,1H3,(H,13,14);1H. The van der Waals surface area contributed by atoms with E-state index in [2.05, 4.69) is 0 Å². The molecular weight excluding hydrogens is 235 g/mol. The Morgan fingerprint density at radius 3 is 2.33 bits per heavy atom. The summed E-state index contributed by atoms with van der Waals surface area (Å²) >= 11 is 5.71. The number of carboxylic acid groups (broad SMARTS) is 1. The first kappa shape index (κ1) is 14.0. The Kier molecular flexibility index (Phi) is 6.06. The van der Waals surface area contributed by atoms with Gasteiger partial charge < -0.3 is 5.11 Å². The maximum Gasteiger partial charge on any atom is 0.331 e. The molecule has 0 atom stereocenters. The van der Waals surface area contributed by atoms with Crippen LogP contribution < -0.4 is 0 Å². The predicted octanol–water partition coefficient (Wildman–Crippen LogP) is 3.64. The molecule has 2 nitrogen and oxygen atoms in total. The van der Waals surface area contributed by atoms with E-state index in [1.165, 1.54) is 0 Å². The van der Waals surface area contributed by atoms with Crippen LogP contribution in [0.1, 0.15) is 18.9 Å². The lowest BCUT2D eigenvalue weighted by atomic mass is 10.1. The van der Waals surface area contributed by atoms with Crippen molar-refractivity contribution in [2.45, 2.75) is 13.3 Å². The van der Waals surface area contributed by atoms with Gasteiger partial charge in [-0.2, -0.15) is 0 Å². The summed E-state index contributed by atoms with van der Waals surface area (Å²) in [6, 6.07) is 7.06. The molecule has 0 aromatic heterocycles. The van der Waals surface area contributed by atoms with Gasteiger partial charge in [-0.05, 0) is 30.2 Å². The number of aliphatic carboxylic acids is 1. The number of halogens is 2. The van der Waals surface area contributed by atoms with Crippen molar-refractivity contribution in [3.05, 3.63) is 40.4 Å². The van der Waals surface area contributed by atoms with Crippen molar-refractivity contribution in [2.75, 3.05) is 0 Å². The highest BCUT2D eigenvalue weighted by Gasteiger charge is 2.03. The summed E-state index contributed by atoms with van der Waals surface area (Å²) in [4.78, 5) is 10.7. The van der Waals surface area contributed by atoms with E-state index in [-0.39, 0.29) is 12.4 Å². The van der Waals surface area contributed by atoms with Gasteiger partial charge in [-0.15, -0.1) is 12.4 Å².